The molecule has 22 heavy (non-hydrogen) atoms. The lowest BCUT2D eigenvalue weighted by molar-refractivity contribution is -0.138. The second-order valence-electron chi connectivity index (χ2n) is 5.83. The average molecular weight is 334 g/mol. The van der Waals surface area contributed by atoms with Crippen LogP contribution in [0.1, 0.15) is 30.4 Å². The second-order valence-corrected chi connectivity index (χ2v) is 8.28. The normalized spacial score (nSPS) is 26.8. The monoisotopic (exact) mass is 334 g/mol. The first kappa shape index (κ1) is 15.5. The molecule has 0 aliphatic carbocycles. The summed E-state index contributed by atoms with van der Waals surface area (Å²) in [7, 11) is -3.17. The summed E-state index contributed by atoms with van der Waals surface area (Å²) in [6, 6.07) is 2.41. The molecule has 1 aromatic rings. The molecule has 0 saturated carbocycles. The van der Waals surface area contributed by atoms with E-state index in [0.29, 0.717) is 18.4 Å². The van der Waals surface area contributed by atoms with Gasteiger partial charge in [-0.05, 0) is 49.4 Å². The predicted octanol–water partition coefficient (Wildman–Crippen LogP) is 3.66. The number of allylic oxidation sites excluding steroid dienone is 1. The summed E-state index contributed by atoms with van der Waals surface area (Å²) in [5.41, 5.74) is -0.355. The standard InChI is InChI=1S/C15H14F4O2S/c16-11-1-4-14(15(17,18)19)10(8-11)5-9-6-12-2-3-13(7-9)22(12,20)21/h1,4,6,8,12-13H,2-3,5,7H2. The van der Waals surface area contributed by atoms with Crippen molar-refractivity contribution in [1.29, 1.82) is 0 Å². The predicted molar refractivity (Wildman–Crippen MR) is 73.5 cm³/mol. The third kappa shape index (κ3) is 2.66. The lowest BCUT2D eigenvalue weighted by atomic mass is 9.96. The Bertz CT molecular complexity index is 734. The van der Waals surface area contributed by atoms with Gasteiger partial charge in [0, 0.05) is 0 Å². The van der Waals surface area contributed by atoms with Gasteiger partial charge < -0.3 is 0 Å². The smallest absolute Gasteiger partial charge is 0.228 e. The van der Waals surface area contributed by atoms with Crippen molar-refractivity contribution in [3.8, 4) is 0 Å². The van der Waals surface area contributed by atoms with Crippen molar-refractivity contribution < 1.29 is 26.0 Å². The maximum atomic E-state index is 13.3. The van der Waals surface area contributed by atoms with Crippen molar-refractivity contribution >= 4 is 9.84 Å². The number of benzene rings is 1. The molecule has 7 heteroatoms. The molecule has 120 valence electrons. The zero-order valence-electron chi connectivity index (χ0n) is 11.5. The number of hydrogen-bond acceptors (Lipinski definition) is 2. The van der Waals surface area contributed by atoms with Crippen molar-refractivity contribution in [3.05, 3.63) is 46.8 Å². The van der Waals surface area contributed by atoms with E-state index in [2.05, 4.69) is 0 Å². The quantitative estimate of drug-likeness (QED) is 0.611. The van der Waals surface area contributed by atoms with Crippen LogP contribution in [0.25, 0.3) is 0 Å². The van der Waals surface area contributed by atoms with Crippen LogP contribution in [0.3, 0.4) is 0 Å². The van der Waals surface area contributed by atoms with Crippen LogP contribution in [0.5, 0.6) is 0 Å². The number of fused-ring (bicyclic) bond motifs is 2. The molecular weight excluding hydrogens is 320 g/mol. The Morgan fingerprint density at radius 2 is 1.91 bits per heavy atom. The Hall–Kier alpha value is -1.37. The van der Waals surface area contributed by atoms with Crippen LogP contribution in [-0.2, 0) is 22.4 Å². The highest BCUT2D eigenvalue weighted by Crippen LogP contribution is 2.40. The molecule has 2 aliphatic rings. The maximum absolute atomic E-state index is 13.3. The van der Waals surface area contributed by atoms with Crippen molar-refractivity contribution in [1.82, 2.24) is 0 Å². The van der Waals surface area contributed by atoms with E-state index in [-0.39, 0.29) is 18.4 Å². The number of hydrogen-bond donors (Lipinski definition) is 0. The first-order valence-corrected chi connectivity index (χ1v) is 8.57. The fourth-order valence-corrected chi connectivity index (χ4v) is 5.56. The van der Waals surface area contributed by atoms with E-state index in [1.54, 1.807) is 6.08 Å². The molecule has 3 rings (SSSR count). The van der Waals surface area contributed by atoms with Crippen LogP contribution in [0, 0.1) is 5.82 Å². The van der Waals surface area contributed by atoms with E-state index in [0.717, 1.165) is 18.2 Å². The van der Waals surface area contributed by atoms with E-state index in [4.69, 9.17) is 0 Å². The molecular formula is C15H14F4O2S. The summed E-state index contributed by atoms with van der Waals surface area (Å²) in [5.74, 6) is -0.727. The summed E-state index contributed by atoms with van der Waals surface area (Å²) < 4.78 is 76.2. The highest BCUT2D eigenvalue weighted by Gasteiger charge is 2.43. The van der Waals surface area contributed by atoms with E-state index in [9.17, 15) is 26.0 Å². The van der Waals surface area contributed by atoms with Crippen LogP contribution in [-0.4, -0.2) is 18.9 Å². The molecule has 0 aromatic heterocycles. The Kier molecular flexibility index (Phi) is 3.58. The van der Waals surface area contributed by atoms with Crippen LogP contribution in [0.4, 0.5) is 17.6 Å². The van der Waals surface area contributed by atoms with Gasteiger partial charge in [-0.2, -0.15) is 13.2 Å². The number of sulfone groups is 1. The van der Waals surface area contributed by atoms with Crippen molar-refractivity contribution in [2.24, 2.45) is 0 Å². The summed E-state index contributed by atoms with van der Waals surface area (Å²) in [4.78, 5) is 0. The minimum atomic E-state index is -4.55. The number of halogens is 4. The maximum Gasteiger partial charge on any atom is 0.416 e. The molecule has 0 radical (unpaired) electrons. The lowest BCUT2D eigenvalue weighted by Gasteiger charge is -2.21. The Morgan fingerprint density at radius 3 is 2.55 bits per heavy atom. The van der Waals surface area contributed by atoms with Gasteiger partial charge in [0.25, 0.3) is 0 Å². The molecule has 2 nitrogen and oxygen atoms in total. The largest absolute Gasteiger partial charge is 0.416 e. The topological polar surface area (TPSA) is 34.1 Å². The molecule has 2 unspecified atom stereocenters. The van der Waals surface area contributed by atoms with E-state index in [1.165, 1.54) is 0 Å². The third-order valence-corrected chi connectivity index (χ3v) is 6.91. The van der Waals surface area contributed by atoms with Crippen molar-refractivity contribution in [2.45, 2.75) is 42.4 Å². The molecule has 0 N–H and O–H groups in total. The summed E-state index contributed by atoms with van der Waals surface area (Å²) in [5, 5.41) is -1.09. The van der Waals surface area contributed by atoms with Crippen LogP contribution >= 0.6 is 0 Å². The van der Waals surface area contributed by atoms with Gasteiger partial charge in [0.15, 0.2) is 9.84 Å². The van der Waals surface area contributed by atoms with Gasteiger partial charge in [-0.15, -0.1) is 0 Å². The summed E-state index contributed by atoms with van der Waals surface area (Å²) >= 11 is 0. The fraction of sp³-hybridized carbons (Fsp3) is 0.467. The average Bonchev–Trinajstić information content (AvgIpc) is 2.58. The van der Waals surface area contributed by atoms with Crippen LogP contribution < -0.4 is 0 Å². The Morgan fingerprint density at radius 1 is 1.18 bits per heavy atom. The summed E-state index contributed by atoms with van der Waals surface area (Å²) in [6.07, 6.45) is -1.75. The van der Waals surface area contributed by atoms with Crippen LogP contribution in [0.2, 0.25) is 0 Å². The third-order valence-electron chi connectivity index (χ3n) is 4.36. The van der Waals surface area contributed by atoms with E-state index in [1.807, 2.05) is 0 Å². The van der Waals surface area contributed by atoms with Gasteiger partial charge >= 0.3 is 6.18 Å². The first-order chi connectivity index (χ1) is 10.2. The second kappa shape index (κ2) is 5.08. The van der Waals surface area contributed by atoms with E-state index >= 15 is 0 Å². The SMILES string of the molecule is O=S1(=O)C2C=C(Cc3cc(F)ccc3C(F)(F)F)CC1CC2. The molecule has 1 aromatic carbocycles. The highest BCUT2D eigenvalue weighted by atomic mass is 32.2. The molecule has 2 bridgehead atoms. The Balaban J connectivity index is 1.94. The molecule has 2 atom stereocenters. The summed E-state index contributed by atoms with van der Waals surface area (Å²) in [6.45, 7) is 0. The van der Waals surface area contributed by atoms with Gasteiger partial charge in [0.1, 0.15) is 5.82 Å². The fourth-order valence-electron chi connectivity index (χ4n) is 3.31. The van der Waals surface area contributed by atoms with Crippen molar-refractivity contribution in [3.63, 3.8) is 0 Å². The molecule has 0 amide bonds. The molecule has 2 aliphatic heterocycles. The lowest BCUT2D eigenvalue weighted by Crippen LogP contribution is -2.27. The highest BCUT2D eigenvalue weighted by molar-refractivity contribution is 7.93. The van der Waals surface area contributed by atoms with Gasteiger partial charge in [-0.25, -0.2) is 12.8 Å². The van der Waals surface area contributed by atoms with E-state index < -0.39 is 37.9 Å². The Labute approximate surface area is 125 Å². The van der Waals surface area contributed by atoms with Gasteiger partial charge in [0.05, 0.1) is 16.1 Å². The molecule has 0 spiro atoms. The number of alkyl halides is 3. The molecule has 2 heterocycles. The molecule has 1 fully saturated rings. The van der Waals surface area contributed by atoms with Crippen molar-refractivity contribution in [2.75, 3.05) is 0 Å². The molecule has 1 saturated heterocycles. The first-order valence-electron chi connectivity index (χ1n) is 6.96. The van der Waals surface area contributed by atoms with Gasteiger partial charge in [-0.3, -0.25) is 0 Å². The zero-order valence-corrected chi connectivity index (χ0v) is 12.3. The zero-order chi connectivity index (χ0) is 16.1. The minimum absolute atomic E-state index is 0.0604. The van der Waals surface area contributed by atoms with Crippen LogP contribution in [0.15, 0.2) is 29.8 Å². The minimum Gasteiger partial charge on any atom is -0.228 e. The van der Waals surface area contributed by atoms with Gasteiger partial charge in [0.2, 0.25) is 0 Å². The van der Waals surface area contributed by atoms with Gasteiger partial charge in [-0.1, -0.05) is 11.6 Å². The number of rotatable bonds is 2.